The third kappa shape index (κ3) is 3.69. The minimum Gasteiger partial charge on any atom is -0.486 e. The summed E-state index contributed by atoms with van der Waals surface area (Å²) in [5, 5.41) is 6.54. The Hall–Kier alpha value is -3.68. The molecule has 2 N–H and O–H groups in total. The highest BCUT2D eigenvalue weighted by atomic mass is 16.6. The van der Waals surface area contributed by atoms with Gasteiger partial charge in [0.25, 0.3) is 0 Å². The molecule has 3 aromatic rings. The second-order valence-electron chi connectivity index (χ2n) is 6.69. The molecule has 8 heteroatoms. The number of aryl methyl sites for hydroxylation is 1. The van der Waals surface area contributed by atoms with Crippen molar-refractivity contribution in [1.29, 1.82) is 0 Å². The fraction of sp³-hybridized carbons (Fsp3) is 0.238. The Labute approximate surface area is 167 Å². The van der Waals surface area contributed by atoms with Crippen molar-refractivity contribution >= 4 is 23.1 Å². The number of hydrogen-bond acceptors (Lipinski definition) is 8. The molecule has 0 bridgehead atoms. The summed E-state index contributed by atoms with van der Waals surface area (Å²) < 4.78 is 22.4. The third-order valence-corrected chi connectivity index (χ3v) is 4.57. The highest BCUT2D eigenvalue weighted by molar-refractivity contribution is 5.66. The molecule has 29 heavy (non-hydrogen) atoms. The van der Waals surface area contributed by atoms with Crippen LogP contribution >= 0.6 is 0 Å². The van der Waals surface area contributed by atoms with E-state index in [0.717, 1.165) is 34.2 Å². The molecule has 5 rings (SSSR count). The number of nitrogens with zero attached hydrogens (tertiary/aromatic N) is 2. The normalized spacial score (nSPS) is 14.2. The molecule has 0 amide bonds. The molecule has 1 aromatic heterocycles. The summed E-state index contributed by atoms with van der Waals surface area (Å²) in [5.74, 6) is 4.12. The van der Waals surface area contributed by atoms with E-state index >= 15 is 0 Å². The van der Waals surface area contributed by atoms with E-state index in [-0.39, 0.29) is 0 Å². The molecule has 8 nitrogen and oxygen atoms in total. The quantitative estimate of drug-likeness (QED) is 0.693. The van der Waals surface area contributed by atoms with Gasteiger partial charge in [0.2, 0.25) is 5.95 Å². The molecule has 0 radical (unpaired) electrons. The first-order valence-electron chi connectivity index (χ1n) is 9.41. The van der Waals surface area contributed by atoms with E-state index in [9.17, 15) is 0 Å². The van der Waals surface area contributed by atoms with E-state index in [1.165, 1.54) is 0 Å². The van der Waals surface area contributed by atoms with Gasteiger partial charge in [-0.25, -0.2) is 4.98 Å². The maximum Gasteiger partial charge on any atom is 0.229 e. The largest absolute Gasteiger partial charge is 0.486 e. The molecule has 2 aliphatic rings. The van der Waals surface area contributed by atoms with Crippen LogP contribution in [0.15, 0.2) is 42.6 Å². The first-order valence-corrected chi connectivity index (χ1v) is 9.41. The van der Waals surface area contributed by atoms with E-state index in [1.807, 2.05) is 43.3 Å². The lowest BCUT2D eigenvalue weighted by atomic mass is 10.2. The number of benzene rings is 2. The van der Waals surface area contributed by atoms with Crippen LogP contribution in [-0.2, 0) is 0 Å². The molecular formula is C21H20N4O4. The molecule has 0 saturated carbocycles. The van der Waals surface area contributed by atoms with Crippen molar-refractivity contribution < 1.29 is 18.9 Å². The van der Waals surface area contributed by atoms with E-state index < -0.39 is 0 Å². The van der Waals surface area contributed by atoms with Gasteiger partial charge >= 0.3 is 0 Å². The van der Waals surface area contributed by atoms with Crippen LogP contribution in [0.3, 0.4) is 0 Å². The second kappa shape index (κ2) is 7.38. The predicted molar refractivity (Wildman–Crippen MR) is 108 cm³/mol. The molecule has 2 aromatic carbocycles. The fourth-order valence-corrected chi connectivity index (χ4v) is 3.14. The van der Waals surface area contributed by atoms with Crippen LogP contribution in [-0.4, -0.2) is 36.4 Å². The van der Waals surface area contributed by atoms with Crippen LogP contribution in [0.25, 0.3) is 0 Å². The SMILES string of the molecule is Cc1cnc(Nc2ccc3c(c2)OCCO3)nc1Nc1ccc2c(c1)OCCO2. The van der Waals surface area contributed by atoms with Gasteiger partial charge in [-0.1, -0.05) is 0 Å². The average Bonchev–Trinajstić information content (AvgIpc) is 2.76. The van der Waals surface area contributed by atoms with Crippen LogP contribution in [0.4, 0.5) is 23.1 Å². The lowest BCUT2D eigenvalue weighted by Crippen LogP contribution is -2.15. The lowest BCUT2D eigenvalue weighted by molar-refractivity contribution is 0.171. The summed E-state index contributed by atoms with van der Waals surface area (Å²) in [6.07, 6.45) is 1.77. The van der Waals surface area contributed by atoms with Crippen molar-refractivity contribution in [3.63, 3.8) is 0 Å². The Morgan fingerprint density at radius 2 is 1.28 bits per heavy atom. The van der Waals surface area contributed by atoms with Gasteiger partial charge in [0.05, 0.1) is 0 Å². The van der Waals surface area contributed by atoms with Gasteiger partial charge in [-0.05, 0) is 31.2 Å². The zero-order valence-electron chi connectivity index (χ0n) is 15.9. The first kappa shape index (κ1) is 17.4. The Morgan fingerprint density at radius 1 is 0.724 bits per heavy atom. The molecule has 0 fully saturated rings. The molecule has 0 unspecified atom stereocenters. The van der Waals surface area contributed by atoms with Crippen molar-refractivity contribution in [2.45, 2.75) is 6.92 Å². The topological polar surface area (TPSA) is 86.8 Å². The van der Waals surface area contributed by atoms with E-state index in [0.29, 0.717) is 43.9 Å². The Kier molecular flexibility index (Phi) is 4.44. The van der Waals surface area contributed by atoms with E-state index in [1.54, 1.807) is 6.20 Å². The van der Waals surface area contributed by atoms with Gasteiger partial charge in [-0.3, -0.25) is 0 Å². The monoisotopic (exact) mass is 392 g/mol. The summed E-state index contributed by atoms with van der Waals surface area (Å²) in [4.78, 5) is 8.99. The number of rotatable bonds is 4. The number of nitrogens with one attached hydrogen (secondary N) is 2. The van der Waals surface area contributed by atoms with Gasteiger partial charge in [0, 0.05) is 35.3 Å². The third-order valence-electron chi connectivity index (χ3n) is 4.57. The Morgan fingerprint density at radius 3 is 1.90 bits per heavy atom. The van der Waals surface area contributed by atoms with Crippen LogP contribution in [0.1, 0.15) is 5.56 Å². The summed E-state index contributed by atoms with van der Waals surface area (Å²) >= 11 is 0. The molecule has 0 aliphatic carbocycles. The summed E-state index contributed by atoms with van der Waals surface area (Å²) in [7, 11) is 0. The van der Waals surface area contributed by atoms with Crippen molar-refractivity contribution in [2.24, 2.45) is 0 Å². The summed E-state index contributed by atoms with van der Waals surface area (Å²) in [6.45, 7) is 4.18. The van der Waals surface area contributed by atoms with Gasteiger partial charge in [0.15, 0.2) is 23.0 Å². The smallest absolute Gasteiger partial charge is 0.229 e. The predicted octanol–water partition coefficient (Wildman–Crippen LogP) is 3.81. The first-order chi connectivity index (χ1) is 14.2. The van der Waals surface area contributed by atoms with Crippen LogP contribution in [0.5, 0.6) is 23.0 Å². The van der Waals surface area contributed by atoms with Gasteiger partial charge in [0.1, 0.15) is 32.2 Å². The van der Waals surface area contributed by atoms with Crippen molar-refractivity contribution in [1.82, 2.24) is 9.97 Å². The molecule has 0 spiro atoms. The fourth-order valence-electron chi connectivity index (χ4n) is 3.14. The minimum absolute atomic E-state index is 0.479. The Bertz CT molecular complexity index is 1060. The molecule has 2 aliphatic heterocycles. The minimum atomic E-state index is 0.479. The van der Waals surface area contributed by atoms with Gasteiger partial charge in [-0.2, -0.15) is 4.98 Å². The van der Waals surface area contributed by atoms with Crippen molar-refractivity contribution in [3.8, 4) is 23.0 Å². The molecule has 148 valence electrons. The standard InChI is InChI=1S/C21H20N4O4/c1-13-12-22-21(24-15-3-5-17-19(11-15)29-9-7-27-17)25-20(13)23-14-2-4-16-18(10-14)28-8-6-26-16/h2-5,10-12H,6-9H2,1H3,(H2,22,23,24,25). The maximum absolute atomic E-state index is 5.65. The summed E-state index contributed by atoms with van der Waals surface area (Å²) in [5.41, 5.74) is 2.61. The van der Waals surface area contributed by atoms with Crippen molar-refractivity contribution in [2.75, 3.05) is 37.1 Å². The number of hydrogen-bond donors (Lipinski definition) is 2. The number of aromatic nitrogens is 2. The average molecular weight is 392 g/mol. The summed E-state index contributed by atoms with van der Waals surface area (Å²) in [6, 6.07) is 11.4. The zero-order chi connectivity index (χ0) is 19.6. The maximum atomic E-state index is 5.65. The number of fused-ring (bicyclic) bond motifs is 2. The molecule has 0 saturated heterocycles. The Balaban J connectivity index is 1.36. The number of anilines is 4. The zero-order valence-corrected chi connectivity index (χ0v) is 15.9. The highest BCUT2D eigenvalue weighted by Crippen LogP contribution is 2.35. The van der Waals surface area contributed by atoms with Gasteiger partial charge < -0.3 is 29.6 Å². The molecular weight excluding hydrogens is 372 g/mol. The molecule has 0 atom stereocenters. The van der Waals surface area contributed by atoms with Crippen LogP contribution < -0.4 is 29.6 Å². The van der Waals surface area contributed by atoms with Crippen LogP contribution in [0, 0.1) is 6.92 Å². The van der Waals surface area contributed by atoms with E-state index in [2.05, 4.69) is 20.6 Å². The lowest BCUT2D eigenvalue weighted by Gasteiger charge is -2.19. The van der Waals surface area contributed by atoms with Crippen LogP contribution in [0.2, 0.25) is 0 Å². The molecule has 3 heterocycles. The number of ether oxygens (including phenoxy) is 4. The van der Waals surface area contributed by atoms with Crippen molar-refractivity contribution in [3.05, 3.63) is 48.2 Å². The van der Waals surface area contributed by atoms with Gasteiger partial charge in [-0.15, -0.1) is 0 Å². The highest BCUT2D eigenvalue weighted by Gasteiger charge is 2.14. The second-order valence-corrected chi connectivity index (χ2v) is 6.69. The van der Waals surface area contributed by atoms with E-state index in [4.69, 9.17) is 18.9 Å².